The Morgan fingerprint density at radius 3 is 2.59 bits per heavy atom. The molecular formula is C16H19N5O. The van der Waals surface area contributed by atoms with E-state index in [2.05, 4.69) is 21.9 Å². The summed E-state index contributed by atoms with van der Waals surface area (Å²) < 4.78 is 0. The Morgan fingerprint density at radius 1 is 1.18 bits per heavy atom. The minimum Gasteiger partial charge on any atom is -0.329 e. The Labute approximate surface area is 129 Å². The molecular weight excluding hydrogens is 278 g/mol. The van der Waals surface area contributed by atoms with Crippen LogP contribution in [0.1, 0.15) is 19.5 Å². The van der Waals surface area contributed by atoms with Crippen LogP contribution in [0.5, 0.6) is 0 Å². The van der Waals surface area contributed by atoms with E-state index in [-0.39, 0.29) is 5.91 Å². The molecule has 3 heterocycles. The van der Waals surface area contributed by atoms with Gasteiger partial charge >= 0.3 is 0 Å². The standard InChI is InChI=1S/C16H19N5O/c1-3-13-9-14(21-10-15(22)20(4-2)11-21)19-16(18-13)12-5-7-17-8-6-12/h5-9H,3-4,10-11H2,1-2H3. The molecule has 1 saturated heterocycles. The second-order valence-electron chi connectivity index (χ2n) is 5.22. The molecule has 0 saturated carbocycles. The van der Waals surface area contributed by atoms with E-state index in [1.165, 1.54) is 0 Å². The molecule has 2 aromatic rings. The first-order chi connectivity index (χ1) is 10.7. The first kappa shape index (κ1) is 14.4. The number of carbonyl (C=O) groups is 1. The van der Waals surface area contributed by atoms with Crippen LogP contribution in [-0.4, -0.2) is 45.5 Å². The number of anilines is 1. The highest BCUT2D eigenvalue weighted by Gasteiger charge is 2.27. The van der Waals surface area contributed by atoms with Crippen LogP contribution in [0.4, 0.5) is 5.82 Å². The van der Waals surface area contributed by atoms with E-state index in [1.54, 1.807) is 12.4 Å². The molecule has 1 aliphatic heterocycles. The quantitative estimate of drug-likeness (QED) is 0.860. The molecule has 3 rings (SSSR count). The average molecular weight is 297 g/mol. The summed E-state index contributed by atoms with van der Waals surface area (Å²) in [4.78, 5) is 29.0. The van der Waals surface area contributed by atoms with Crippen molar-refractivity contribution < 1.29 is 4.79 Å². The molecule has 0 aliphatic carbocycles. The third-order valence-corrected chi connectivity index (χ3v) is 3.79. The zero-order chi connectivity index (χ0) is 15.5. The molecule has 0 radical (unpaired) electrons. The summed E-state index contributed by atoms with van der Waals surface area (Å²) >= 11 is 0. The molecule has 6 nitrogen and oxygen atoms in total. The largest absolute Gasteiger partial charge is 0.329 e. The molecule has 114 valence electrons. The predicted octanol–water partition coefficient (Wildman–Crippen LogP) is 1.73. The zero-order valence-corrected chi connectivity index (χ0v) is 12.9. The molecule has 0 spiro atoms. The van der Waals surface area contributed by atoms with Gasteiger partial charge in [-0.3, -0.25) is 9.78 Å². The van der Waals surface area contributed by atoms with Crippen molar-refractivity contribution in [2.24, 2.45) is 0 Å². The third kappa shape index (κ3) is 2.77. The molecule has 2 aromatic heterocycles. The Bertz CT molecular complexity index is 673. The molecule has 1 amide bonds. The van der Waals surface area contributed by atoms with Gasteiger partial charge in [-0.15, -0.1) is 0 Å². The molecule has 1 aliphatic rings. The summed E-state index contributed by atoms with van der Waals surface area (Å²) in [6.45, 7) is 5.74. The van der Waals surface area contributed by atoms with Crippen LogP contribution < -0.4 is 4.90 Å². The van der Waals surface area contributed by atoms with Crippen molar-refractivity contribution in [3.63, 3.8) is 0 Å². The Kier molecular flexibility index (Phi) is 4.00. The van der Waals surface area contributed by atoms with Crippen LogP contribution in [0.2, 0.25) is 0 Å². The lowest BCUT2D eigenvalue weighted by atomic mass is 10.2. The van der Waals surface area contributed by atoms with Crippen LogP contribution in [0.25, 0.3) is 11.4 Å². The fourth-order valence-electron chi connectivity index (χ4n) is 2.48. The smallest absolute Gasteiger partial charge is 0.243 e. The van der Waals surface area contributed by atoms with Crippen molar-refractivity contribution in [2.45, 2.75) is 20.3 Å². The van der Waals surface area contributed by atoms with Gasteiger partial charge in [-0.05, 0) is 25.5 Å². The van der Waals surface area contributed by atoms with Crippen molar-refractivity contribution in [3.8, 4) is 11.4 Å². The van der Waals surface area contributed by atoms with Gasteiger partial charge in [-0.1, -0.05) is 6.92 Å². The minimum absolute atomic E-state index is 0.143. The Morgan fingerprint density at radius 2 is 1.95 bits per heavy atom. The van der Waals surface area contributed by atoms with Gasteiger partial charge in [0.25, 0.3) is 0 Å². The normalized spacial score (nSPS) is 14.7. The Hall–Kier alpha value is -2.50. The van der Waals surface area contributed by atoms with Crippen molar-refractivity contribution in [1.82, 2.24) is 19.9 Å². The van der Waals surface area contributed by atoms with E-state index in [9.17, 15) is 4.79 Å². The average Bonchev–Trinajstić information content (AvgIpc) is 2.96. The molecule has 0 N–H and O–H groups in total. The number of hydrogen-bond acceptors (Lipinski definition) is 5. The van der Waals surface area contributed by atoms with Crippen LogP contribution >= 0.6 is 0 Å². The summed E-state index contributed by atoms with van der Waals surface area (Å²) in [5.41, 5.74) is 1.91. The number of nitrogens with zero attached hydrogens (tertiary/aromatic N) is 5. The SMILES string of the molecule is CCc1cc(N2CC(=O)N(CC)C2)nc(-c2ccncc2)n1. The number of aromatic nitrogens is 3. The summed E-state index contributed by atoms with van der Waals surface area (Å²) in [5.74, 6) is 1.63. The third-order valence-electron chi connectivity index (χ3n) is 3.79. The number of likely N-dealkylation sites (N-methyl/N-ethyl adjacent to an activating group) is 1. The van der Waals surface area contributed by atoms with Crippen molar-refractivity contribution >= 4 is 11.7 Å². The highest BCUT2D eigenvalue weighted by atomic mass is 16.2. The minimum atomic E-state index is 0.143. The van der Waals surface area contributed by atoms with Crippen LogP contribution in [0.3, 0.4) is 0 Å². The van der Waals surface area contributed by atoms with Crippen LogP contribution in [0.15, 0.2) is 30.6 Å². The second-order valence-corrected chi connectivity index (χ2v) is 5.22. The van der Waals surface area contributed by atoms with E-state index in [0.717, 1.165) is 30.0 Å². The molecule has 0 bridgehead atoms. The maximum absolute atomic E-state index is 11.9. The zero-order valence-electron chi connectivity index (χ0n) is 12.9. The first-order valence-electron chi connectivity index (χ1n) is 7.52. The lowest BCUT2D eigenvalue weighted by Gasteiger charge is -2.18. The molecule has 6 heteroatoms. The fraction of sp³-hybridized carbons (Fsp3) is 0.375. The van der Waals surface area contributed by atoms with Crippen molar-refractivity contribution in [2.75, 3.05) is 24.7 Å². The maximum atomic E-state index is 11.9. The molecule has 1 fully saturated rings. The number of aryl methyl sites for hydroxylation is 1. The highest BCUT2D eigenvalue weighted by Crippen LogP contribution is 2.22. The number of amides is 1. The van der Waals surface area contributed by atoms with Gasteiger partial charge in [0.05, 0.1) is 6.67 Å². The van der Waals surface area contributed by atoms with E-state index >= 15 is 0 Å². The number of pyridine rings is 1. The first-order valence-corrected chi connectivity index (χ1v) is 7.52. The van der Waals surface area contributed by atoms with E-state index in [0.29, 0.717) is 19.0 Å². The fourth-order valence-corrected chi connectivity index (χ4v) is 2.48. The van der Waals surface area contributed by atoms with Gasteiger partial charge < -0.3 is 9.80 Å². The van der Waals surface area contributed by atoms with Gasteiger partial charge in [0.1, 0.15) is 12.4 Å². The van der Waals surface area contributed by atoms with Gasteiger partial charge in [-0.2, -0.15) is 0 Å². The molecule has 22 heavy (non-hydrogen) atoms. The topological polar surface area (TPSA) is 62.2 Å². The highest BCUT2D eigenvalue weighted by molar-refractivity contribution is 5.84. The monoisotopic (exact) mass is 297 g/mol. The summed E-state index contributed by atoms with van der Waals surface area (Å²) in [6, 6.07) is 5.76. The number of carbonyl (C=O) groups excluding carboxylic acids is 1. The lowest BCUT2D eigenvalue weighted by Crippen LogP contribution is -2.27. The predicted molar refractivity (Wildman–Crippen MR) is 84.2 cm³/mol. The molecule has 0 unspecified atom stereocenters. The maximum Gasteiger partial charge on any atom is 0.243 e. The van der Waals surface area contributed by atoms with Gasteiger partial charge in [0, 0.05) is 36.3 Å². The molecule has 0 aromatic carbocycles. The summed E-state index contributed by atoms with van der Waals surface area (Å²) in [5, 5.41) is 0. The second kappa shape index (κ2) is 6.09. The van der Waals surface area contributed by atoms with Gasteiger partial charge in [0.15, 0.2) is 5.82 Å². The lowest BCUT2D eigenvalue weighted by molar-refractivity contribution is -0.126. The Balaban J connectivity index is 1.97. The van der Waals surface area contributed by atoms with Crippen LogP contribution in [0, 0.1) is 0 Å². The van der Waals surface area contributed by atoms with Gasteiger partial charge in [-0.25, -0.2) is 9.97 Å². The number of rotatable bonds is 4. The van der Waals surface area contributed by atoms with E-state index in [1.807, 2.05) is 34.9 Å². The van der Waals surface area contributed by atoms with Crippen molar-refractivity contribution in [1.29, 1.82) is 0 Å². The number of hydrogen-bond donors (Lipinski definition) is 0. The van der Waals surface area contributed by atoms with Crippen LogP contribution in [-0.2, 0) is 11.2 Å². The summed E-state index contributed by atoms with van der Waals surface area (Å²) in [7, 11) is 0. The molecule has 0 atom stereocenters. The van der Waals surface area contributed by atoms with E-state index < -0.39 is 0 Å². The van der Waals surface area contributed by atoms with Gasteiger partial charge in [0.2, 0.25) is 5.91 Å². The summed E-state index contributed by atoms with van der Waals surface area (Å²) in [6.07, 6.45) is 4.29. The van der Waals surface area contributed by atoms with Crippen molar-refractivity contribution in [3.05, 3.63) is 36.3 Å². The van der Waals surface area contributed by atoms with E-state index in [4.69, 9.17) is 0 Å².